The van der Waals surface area contributed by atoms with Gasteiger partial charge in [0.05, 0.1) is 12.2 Å². The molecule has 0 aromatic heterocycles. The lowest BCUT2D eigenvalue weighted by Gasteiger charge is -2.45. The van der Waals surface area contributed by atoms with E-state index in [1.165, 1.54) is 0 Å². The third kappa shape index (κ3) is 0.788. The van der Waals surface area contributed by atoms with Crippen LogP contribution in [0.1, 0.15) is 26.2 Å². The molecule has 3 aliphatic rings. The van der Waals surface area contributed by atoms with Crippen molar-refractivity contribution in [3.05, 3.63) is 0 Å². The molecule has 2 heterocycles. The van der Waals surface area contributed by atoms with Crippen molar-refractivity contribution < 1.29 is 9.53 Å². The van der Waals surface area contributed by atoms with Gasteiger partial charge in [0.15, 0.2) is 0 Å². The Hall–Kier alpha value is -0.370. The first-order valence-electron chi connectivity index (χ1n) is 3.93. The van der Waals surface area contributed by atoms with Crippen molar-refractivity contribution >= 4 is 5.78 Å². The van der Waals surface area contributed by atoms with Crippen LogP contribution in [0.4, 0.5) is 0 Å². The molecular formula is C8H12O2. The lowest BCUT2D eigenvalue weighted by atomic mass is 9.78. The lowest BCUT2D eigenvalue weighted by Crippen LogP contribution is -2.49. The predicted molar refractivity (Wildman–Crippen MR) is 36.7 cm³/mol. The molecule has 1 aliphatic carbocycles. The minimum Gasteiger partial charge on any atom is -0.374 e. The van der Waals surface area contributed by atoms with Gasteiger partial charge in [-0.15, -0.1) is 0 Å². The second kappa shape index (κ2) is 2.06. The zero-order valence-corrected chi connectivity index (χ0v) is 6.17. The Morgan fingerprint density at radius 1 is 1.50 bits per heavy atom. The fourth-order valence-corrected chi connectivity index (χ4v) is 1.96. The first kappa shape index (κ1) is 6.35. The van der Waals surface area contributed by atoms with Crippen LogP contribution in [0.5, 0.6) is 0 Å². The smallest absolute Gasteiger partial charge is 0.135 e. The van der Waals surface area contributed by atoms with Crippen molar-refractivity contribution in [1.29, 1.82) is 0 Å². The molecule has 2 bridgehead atoms. The fourth-order valence-electron chi connectivity index (χ4n) is 1.96. The van der Waals surface area contributed by atoms with E-state index < -0.39 is 0 Å². The number of hydrogen-bond acceptors (Lipinski definition) is 2. The summed E-state index contributed by atoms with van der Waals surface area (Å²) in [5.41, 5.74) is 0. The first-order chi connectivity index (χ1) is 4.77. The van der Waals surface area contributed by atoms with E-state index in [1.807, 2.05) is 0 Å². The maximum atomic E-state index is 11.0. The van der Waals surface area contributed by atoms with Crippen molar-refractivity contribution in [1.82, 2.24) is 0 Å². The van der Waals surface area contributed by atoms with Crippen LogP contribution in [0.25, 0.3) is 0 Å². The number of ether oxygens (including phenoxy) is 1. The summed E-state index contributed by atoms with van der Waals surface area (Å²) in [5.74, 6) is 0.535. The van der Waals surface area contributed by atoms with Crippen LogP contribution in [0.3, 0.4) is 0 Å². The Labute approximate surface area is 60.6 Å². The van der Waals surface area contributed by atoms with Crippen LogP contribution < -0.4 is 0 Å². The molecule has 2 saturated heterocycles. The van der Waals surface area contributed by atoms with E-state index in [0.717, 1.165) is 19.3 Å². The lowest BCUT2D eigenvalue weighted by molar-refractivity contribution is -0.187. The van der Waals surface area contributed by atoms with Gasteiger partial charge in [0.25, 0.3) is 0 Å². The molecule has 0 amide bonds. The largest absolute Gasteiger partial charge is 0.374 e. The quantitative estimate of drug-likeness (QED) is 0.546. The molecule has 2 heteroatoms. The van der Waals surface area contributed by atoms with Gasteiger partial charge in [-0.05, 0) is 19.8 Å². The standard InChI is InChI=1S/C8H12O2/c1-5(9)7-3-2-6-4-8(7)10-6/h6-8H,2-4H2,1H3. The van der Waals surface area contributed by atoms with Gasteiger partial charge in [-0.2, -0.15) is 0 Å². The van der Waals surface area contributed by atoms with Crippen LogP contribution in [0.2, 0.25) is 0 Å². The number of ketones is 1. The zero-order valence-electron chi connectivity index (χ0n) is 6.17. The normalized spacial score (nSPS) is 44.3. The van der Waals surface area contributed by atoms with Crippen molar-refractivity contribution in [3.63, 3.8) is 0 Å². The molecule has 0 aromatic carbocycles. The van der Waals surface area contributed by atoms with E-state index in [9.17, 15) is 4.79 Å². The molecule has 3 atom stereocenters. The topological polar surface area (TPSA) is 26.3 Å². The molecule has 0 N–H and O–H groups in total. The molecule has 0 radical (unpaired) electrons. The van der Waals surface area contributed by atoms with Crippen molar-refractivity contribution in [2.75, 3.05) is 0 Å². The van der Waals surface area contributed by atoms with Gasteiger partial charge >= 0.3 is 0 Å². The Bertz CT molecular complexity index is 156. The highest BCUT2D eigenvalue weighted by Gasteiger charge is 2.42. The number of carbonyl (C=O) groups is 1. The average molecular weight is 140 g/mol. The number of Topliss-reactive ketones (excluding diaryl/α,β-unsaturated/α-hetero) is 1. The highest BCUT2D eigenvalue weighted by Crippen LogP contribution is 2.38. The molecule has 2 nitrogen and oxygen atoms in total. The average Bonchev–Trinajstić information content (AvgIpc) is 1.86. The van der Waals surface area contributed by atoms with E-state index >= 15 is 0 Å². The molecule has 0 spiro atoms. The second-order valence-corrected chi connectivity index (χ2v) is 3.33. The van der Waals surface area contributed by atoms with Gasteiger partial charge in [0.2, 0.25) is 0 Å². The van der Waals surface area contributed by atoms with Gasteiger partial charge in [-0.1, -0.05) is 0 Å². The highest BCUT2D eigenvalue weighted by molar-refractivity contribution is 5.79. The number of fused-ring (bicyclic) bond motifs is 2. The molecule has 2 aliphatic heterocycles. The summed E-state index contributed by atoms with van der Waals surface area (Å²) in [5, 5.41) is 0. The van der Waals surface area contributed by atoms with Crippen LogP contribution in [-0.4, -0.2) is 18.0 Å². The summed E-state index contributed by atoms with van der Waals surface area (Å²) in [6, 6.07) is 0. The van der Waals surface area contributed by atoms with E-state index in [4.69, 9.17) is 4.74 Å². The summed E-state index contributed by atoms with van der Waals surface area (Å²) < 4.78 is 5.43. The summed E-state index contributed by atoms with van der Waals surface area (Å²) in [6.45, 7) is 1.67. The van der Waals surface area contributed by atoms with Crippen molar-refractivity contribution in [2.45, 2.75) is 38.4 Å². The molecular weight excluding hydrogens is 128 g/mol. The van der Waals surface area contributed by atoms with E-state index in [0.29, 0.717) is 11.9 Å². The molecule has 3 rings (SSSR count). The summed E-state index contributed by atoms with van der Waals surface area (Å²) in [6.07, 6.45) is 4.08. The maximum absolute atomic E-state index is 11.0. The SMILES string of the molecule is CC(=O)C1CCC2CC1O2. The van der Waals surface area contributed by atoms with Gasteiger partial charge in [-0.3, -0.25) is 4.79 Å². The number of rotatable bonds is 1. The van der Waals surface area contributed by atoms with E-state index in [-0.39, 0.29) is 12.0 Å². The molecule has 56 valence electrons. The van der Waals surface area contributed by atoms with Gasteiger partial charge in [0.1, 0.15) is 5.78 Å². The Morgan fingerprint density at radius 3 is 2.50 bits per heavy atom. The maximum Gasteiger partial charge on any atom is 0.135 e. The van der Waals surface area contributed by atoms with Gasteiger partial charge in [0, 0.05) is 12.3 Å². The second-order valence-electron chi connectivity index (χ2n) is 3.33. The summed E-state index contributed by atoms with van der Waals surface area (Å²) in [4.78, 5) is 11.0. The third-order valence-electron chi connectivity index (χ3n) is 2.63. The third-order valence-corrected chi connectivity index (χ3v) is 2.63. The number of hydrogen-bond donors (Lipinski definition) is 0. The number of carbonyl (C=O) groups excluding carboxylic acids is 1. The molecule has 1 saturated carbocycles. The monoisotopic (exact) mass is 140 g/mol. The van der Waals surface area contributed by atoms with Crippen LogP contribution in [-0.2, 0) is 9.53 Å². The van der Waals surface area contributed by atoms with Crippen LogP contribution in [0.15, 0.2) is 0 Å². The van der Waals surface area contributed by atoms with Gasteiger partial charge in [-0.25, -0.2) is 0 Å². The van der Waals surface area contributed by atoms with Crippen LogP contribution in [0, 0.1) is 5.92 Å². The highest BCUT2D eigenvalue weighted by atomic mass is 16.5. The minimum absolute atomic E-state index is 0.227. The van der Waals surface area contributed by atoms with Crippen molar-refractivity contribution in [2.24, 2.45) is 5.92 Å². The Balaban J connectivity index is 2.02. The first-order valence-corrected chi connectivity index (χ1v) is 3.93. The zero-order chi connectivity index (χ0) is 7.14. The summed E-state index contributed by atoms with van der Waals surface area (Å²) >= 11 is 0. The molecule has 3 fully saturated rings. The summed E-state index contributed by atoms with van der Waals surface area (Å²) in [7, 11) is 0. The minimum atomic E-state index is 0.227. The molecule has 0 aromatic rings. The molecule has 10 heavy (non-hydrogen) atoms. The molecule has 3 unspecified atom stereocenters. The van der Waals surface area contributed by atoms with E-state index in [2.05, 4.69) is 0 Å². The Morgan fingerprint density at radius 2 is 2.20 bits per heavy atom. The van der Waals surface area contributed by atoms with Gasteiger partial charge < -0.3 is 4.74 Å². The predicted octanol–water partition coefficient (Wildman–Crippen LogP) is 1.14. The van der Waals surface area contributed by atoms with Crippen molar-refractivity contribution in [3.8, 4) is 0 Å². The fraction of sp³-hybridized carbons (Fsp3) is 0.875. The van der Waals surface area contributed by atoms with Crippen LogP contribution >= 0.6 is 0 Å². The van der Waals surface area contributed by atoms with E-state index in [1.54, 1.807) is 6.92 Å². The Kier molecular flexibility index (Phi) is 1.31.